The third-order valence-corrected chi connectivity index (χ3v) is 6.65. The molecule has 0 N–H and O–H groups in total. The molecule has 0 aliphatic heterocycles. The number of hydrogen-bond donors (Lipinski definition) is 0. The van der Waals surface area contributed by atoms with Crippen LogP contribution in [0.25, 0.3) is 9.53 Å². The lowest BCUT2D eigenvalue weighted by Gasteiger charge is -2.23. The van der Waals surface area contributed by atoms with Gasteiger partial charge in [0.15, 0.2) is 5.13 Å². The summed E-state index contributed by atoms with van der Waals surface area (Å²) in [7, 11) is 0. The molecule has 2 aromatic heterocycles. The molecular weight excluding hydrogens is 433 g/mol. The van der Waals surface area contributed by atoms with Crippen molar-refractivity contribution in [2.75, 3.05) is 24.5 Å². The standard InChI is InChI=1S/C20H19F3N4OS2/c1-3-26(4-2)19-25-17-15(30-19)9-16(29-17)18(28)27(12-20(21,22)23)11-14-7-5-13(10-24)6-8-14/h5-9H,3-4,11-12H2,1-2H3. The van der Waals surface area contributed by atoms with Crippen LogP contribution in [0, 0.1) is 11.3 Å². The SMILES string of the molecule is CCN(CC)c1nc2sc(C(=O)N(Cc3ccc(C#N)cc3)CC(F)(F)F)cc2s1. The van der Waals surface area contributed by atoms with Crippen LogP contribution >= 0.6 is 22.7 Å². The summed E-state index contributed by atoms with van der Waals surface area (Å²) in [5.41, 5.74) is 0.924. The maximum absolute atomic E-state index is 13.1. The van der Waals surface area contributed by atoms with Crippen molar-refractivity contribution in [3.8, 4) is 6.07 Å². The minimum Gasteiger partial charge on any atom is -0.349 e. The number of alkyl halides is 3. The predicted octanol–water partition coefficient (Wildman–Crippen LogP) is 5.28. The Kier molecular flexibility index (Phi) is 6.63. The molecule has 0 aliphatic rings. The molecule has 0 spiro atoms. The van der Waals surface area contributed by atoms with E-state index in [0.717, 1.165) is 39.2 Å². The molecule has 0 aliphatic carbocycles. The Labute approximate surface area is 180 Å². The molecule has 0 saturated heterocycles. The highest BCUT2D eigenvalue weighted by Gasteiger charge is 2.34. The number of rotatable bonds is 7. The minimum absolute atomic E-state index is 0.201. The number of nitriles is 1. The second kappa shape index (κ2) is 9.02. The third kappa shape index (κ3) is 5.09. The van der Waals surface area contributed by atoms with Crippen LogP contribution in [-0.4, -0.2) is 41.6 Å². The average molecular weight is 453 g/mol. The van der Waals surface area contributed by atoms with Crippen LogP contribution in [0.5, 0.6) is 0 Å². The van der Waals surface area contributed by atoms with E-state index in [0.29, 0.717) is 16.0 Å². The normalized spacial score (nSPS) is 11.5. The highest BCUT2D eigenvalue weighted by atomic mass is 32.1. The molecule has 0 unspecified atom stereocenters. The van der Waals surface area contributed by atoms with Gasteiger partial charge in [-0.15, -0.1) is 11.3 Å². The molecule has 0 saturated carbocycles. The van der Waals surface area contributed by atoms with Gasteiger partial charge in [0.25, 0.3) is 5.91 Å². The highest BCUT2D eigenvalue weighted by molar-refractivity contribution is 7.29. The topological polar surface area (TPSA) is 60.2 Å². The van der Waals surface area contributed by atoms with Crippen molar-refractivity contribution in [2.45, 2.75) is 26.6 Å². The van der Waals surface area contributed by atoms with Gasteiger partial charge in [-0.3, -0.25) is 4.79 Å². The molecule has 10 heteroatoms. The van der Waals surface area contributed by atoms with Crippen molar-refractivity contribution in [1.29, 1.82) is 5.26 Å². The largest absolute Gasteiger partial charge is 0.406 e. The second-order valence-corrected chi connectivity index (χ2v) is 8.57. The first-order chi connectivity index (χ1) is 14.2. The smallest absolute Gasteiger partial charge is 0.349 e. The highest BCUT2D eigenvalue weighted by Crippen LogP contribution is 2.35. The number of halogens is 3. The van der Waals surface area contributed by atoms with Gasteiger partial charge in [-0.2, -0.15) is 18.4 Å². The van der Waals surface area contributed by atoms with E-state index < -0.39 is 18.6 Å². The quantitative estimate of drug-likeness (QED) is 0.489. The van der Waals surface area contributed by atoms with Gasteiger partial charge in [0.2, 0.25) is 0 Å². The molecular formula is C20H19F3N4OS2. The summed E-state index contributed by atoms with van der Waals surface area (Å²) in [5, 5.41) is 9.70. The fraction of sp³-hybridized carbons (Fsp3) is 0.350. The van der Waals surface area contributed by atoms with Crippen LogP contribution < -0.4 is 4.90 Å². The molecule has 0 atom stereocenters. The molecule has 3 rings (SSSR count). The molecule has 0 fully saturated rings. The second-order valence-electron chi connectivity index (χ2n) is 6.53. The summed E-state index contributed by atoms with van der Waals surface area (Å²) in [6.07, 6.45) is -4.52. The fourth-order valence-corrected chi connectivity index (χ4v) is 5.24. The number of anilines is 1. The summed E-state index contributed by atoms with van der Waals surface area (Å²) in [5.74, 6) is -0.684. The van der Waals surface area contributed by atoms with Gasteiger partial charge in [-0.05, 0) is 37.6 Å². The maximum atomic E-state index is 13.1. The van der Waals surface area contributed by atoms with E-state index in [1.165, 1.54) is 23.5 Å². The Morgan fingerprint density at radius 2 is 1.83 bits per heavy atom. The van der Waals surface area contributed by atoms with Gasteiger partial charge < -0.3 is 9.80 Å². The van der Waals surface area contributed by atoms with E-state index in [1.54, 1.807) is 18.2 Å². The van der Waals surface area contributed by atoms with Crippen molar-refractivity contribution in [3.63, 3.8) is 0 Å². The van der Waals surface area contributed by atoms with Crippen molar-refractivity contribution < 1.29 is 18.0 Å². The molecule has 3 aromatic rings. The number of benzene rings is 1. The van der Waals surface area contributed by atoms with E-state index >= 15 is 0 Å². The maximum Gasteiger partial charge on any atom is 0.406 e. The molecule has 30 heavy (non-hydrogen) atoms. The Bertz CT molecular complexity index is 1030. The summed E-state index contributed by atoms with van der Waals surface area (Å²) in [4.78, 5) is 21.2. The number of aromatic nitrogens is 1. The Morgan fingerprint density at radius 3 is 2.37 bits per heavy atom. The molecule has 0 radical (unpaired) electrons. The van der Waals surface area contributed by atoms with Crippen LogP contribution in [-0.2, 0) is 6.54 Å². The lowest BCUT2D eigenvalue weighted by atomic mass is 10.1. The van der Waals surface area contributed by atoms with E-state index in [9.17, 15) is 18.0 Å². The van der Waals surface area contributed by atoms with Gasteiger partial charge in [0.05, 0.1) is 21.2 Å². The summed E-state index contributed by atoms with van der Waals surface area (Å²) < 4.78 is 40.1. The fourth-order valence-electron chi connectivity index (χ4n) is 2.94. The number of hydrogen-bond acceptors (Lipinski definition) is 6. The lowest BCUT2D eigenvalue weighted by Crippen LogP contribution is -2.38. The number of thiophene rings is 1. The number of fused-ring (bicyclic) bond motifs is 1. The molecule has 158 valence electrons. The van der Waals surface area contributed by atoms with Crippen LogP contribution in [0.1, 0.15) is 34.6 Å². The number of nitrogens with zero attached hydrogens (tertiary/aromatic N) is 4. The zero-order valence-corrected chi connectivity index (χ0v) is 18.0. The van der Waals surface area contributed by atoms with Crippen molar-refractivity contribution >= 4 is 43.2 Å². The monoisotopic (exact) mass is 452 g/mol. The average Bonchev–Trinajstić information content (AvgIpc) is 3.27. The van der Waals surface area contributed by atoms with E-state index in [4.69, 9.17) is 5.26 Å². The summed E-state index contributed by atoms with van der Waals surface area (Å²) in [6, 6.07) is 9.73. The first-order valence-corrected chi connectivity index (χ1v) is 10.9. The van der Waals surface area contributed by atoms with E-state index in [-0.39, 0.29) is 11.4 Å². The Morgan fingerprint density at radius 1 is 1.17 bits per heavy atom. The van der Waals surface area contributed by atoms with E-state index in [1.807, 2.05) is 19.9 Å². The molecule has 1 aromatic carbocycles. The zero-order chi connectivity index (χ0) is 21.9. The van der Waals surface area contributed by atoms with Crippen LogP contribution in [0.15, 0.2) is 30.3 Å². The van der Waals surface area contributed by atoms with Crippen molar-refractivity contribution in [2.24, 2.45) is 0 Å². The first kappa shape index (κ1) is 22.1. The molecule has 2 heterocycles. The summed E-state index contributed by atoms with van der Waals surface area (Å²) in [6.45, 7) is 4.08. The van der Waals surface area contributed by atoms with Crippen molar-refractivity contribution in [3.05, 3.63) is 46.3 Å². The molecule has 1 amide bonds. The molecule has 0 bridgehead atoms. The minimum atomic E-state index is -4.52. The Balaban J connectivity index is 1.86. The first-order valence-electron chi connectivity index (χ1n) is 9.24. The van der Waals surface area contributed by atoms with Gasteiger partial charge in [0.1, 0.15) is 11.4 Å². The van der Waals surface area contributed by atoms with Gasteiger partial charge in [-0.1, -0.05) is 23.5 Å². The lowest BCUT2D eigenvalue weighted by molar-refractivity contribution is -0.141. The van der Waals surface area contributed by atoms with E-state index in [2.05, 4.69) is 9.88 Å². The molecule has 5 nitrogen and oxygen atoms in total. The van der Waals surface area contributed by atoms with Crippen LogP contribution in [0.2, 0.25) is 0 Å². The van der Waals surface area contributed by atoms with Gasteiger partial charge >= 0.3 is 6.18 Å². The van der Waals surface area contributed by atoms with Crippen LogP contribution in [0.3, 0.4) is 0 Å². The number of carbonyl (C=O) groups is 1. The zero-order valence-electron chi connectivity index (χ0n) is 16.4. The summed E-state index contributed by atoms with van der Waals surface area (Å²) >= 11 is 2.53. The van der Waals surface area contributed by atoms with Gasteiger partial charge in [0, 0.05) is 19.6 Å². The number of amides is 1. The third-order valence-electron chi connectivity index (χ3n) is 4.44. The Hall–Kier alpha value is -2.64. The van der Waals surface area contributed by atoms with Gasteiger partial charge in [-0.25, -0.2) is 4.98 Å². The number of carbonyl (C=O) groups excluding carboxylic acids is 1. The number of thiazole rings is 1. The predicted molar refractivity (Wildman–Crippen MR) is 113 cm³/mol. The van der Waals surface area contributed by atoms with Crippen molar-refractivity contribution in [1.82, 2.24) is 9.88 Å². The van der Waals surface area contributed by atoms with Crippen LogP contribution in [0.4, 0.5) is 18.3 Å².